The zero-order chi connectivity index (χ0) is 20.2. The molecule has 6 nitrogen and oxygen atoms in total. The first-order chi connectivity index (χ1) is 12.5. The molecule has 0 saturated heterocycles. The van der Waals surface area contributed by atoms with Crippen molar-refractivity contribution < 1.29 is 20.7 Å². The highest BCUT2D eigenvalue weighted by molar-refractivity contribution is 5.78. The van der Waals surface area contributed by atoms with Gasteiger partial charge >= 0.3 is 6.18 Å². The highest BCUT2D eigenvalue weighted by atomic mass is 19.4. The summed E-state index contributed by atoms with van der Waals surface area (Å²) >= 11 is 0. The van der Waals surface area contributed by atoms with Gasteiger partial charge in [0, 0.05) is 17.8 Å². The number of halogens is 3. The van der Waals surface area contributed by atoms with Crippen LogP contribution in [0.4, 0.5) is 13.2 Å². The number of carbonyl (C=O) groups excluding carboxylic acids is 1. The molecule has 2 aromatic rings. The van der Waals surface area contributed by atoms with E-state index in [1.165, 1.54) is 18.5 Å². The molecule has 0 aromatic carbocycles. The van der Waals surface area contributed by atoms with E-state index >= 15 is 0 Å². The van der Waals surface area contributed by atoms with Gasteiger partial charge in [0.05, 0.1) is 27.2 Å². The van der Waals surface area contributed by atoms with E-state index < -0.39 is 24.3 Å². The summed E-state index contributed by atoms with van der Waals surface area (Å²) in [4.78, 5) is 23.3. The molecule has 0 aliphatic rings. The van der Waals surface area contributed by atoms with Crippen molar-refractivity contribution in [3.05, 3.63) is 42.1 Å². The lowest BCUT2D eigenvalue weighted by molar-refractivity contribution is -0.141. The Morgan fingerprint density at radius 1 is 1.28 bits per heavy atom. The van der Waals surface area contributed by atoms with Crippen molar-refractivity contribution in [2.45, 2.75) is 32.6 Å². The number of aromatic nitrogens is 3. The number of pyridine rings is 1. The Morgan fingerprint density at radius 2 is 2.04 bits per heavy atom. The highest BCUT2D eigenvalue weighted by Gasteiger charge is 2.32. The highest BCUT2D eigenvalue weighted by Crippen LogP contribution is 2.28. The third kappa shape index (κ3) is 5.79. The predicted octanol–water partition coefficient (Wildman–Crippen LogP) is 2.17. The standard InChI is InChI=1S/C16H18F3N5O/c1-10(2)20-8-15(25)22-7-12-5-13(24-9-23-12)11-3-4-14(21-6-11)16(17,18)19/h3-6,9-10,20H,7-8H2,1-2H3,(H,22,25)/i8D2. The maximum atomic E-state index is 12.6. The van der Waals surface area contributed by atoms with Crippen LogP contribution in [0.25, 0.3) is 11.3 Å². The summed E-state index contributed by atoms with van der Waals surface area (Å²) in [6, 6.07) is 3.34. The molecule has 0 spiro atoms. The predicted molar refractivity (Wildman–Crippen MR) is 85.3 cm³/mol. The average molecular weight is 355 g/mol. The van der Waals surface area contributed by atoms with Crippen molar-refractivity contribution in [3.63, 3.8) is 0 Å². The second kappa shape index (κ2) is 8.02. The van der Waals surface area contributed by atoms with Crippen LogP contribution in [0.5, 0.6) is 0 Å². The lowest BCUT2D eigenvalue weighted by atomic mass is 10.1. The van der Waals surface area contributed by atoms with Crippen molar-refractivity contribution in [2.24, 2.45) is 0 Å². The molecule has 2 rings (SSSR count). The van der Waals surface area contributed by atoms with Gasteiger partial charge in [-0.2, -0.15) is 13.2 Å². The van der Waals surface area contributed by atoms with E-state index in [4.69, 9.17) is 2.74 Å². The molecule has 0 bridgehead atoms. The summed E-state index contributed by atoms with van der Waals surface area (Å²) in [5, 5.41) is 4.92. The van der Waals surface area contributed by atoms with E-state index in [9.17, 15) is 18.0 Å². The van der Waals surface area contributed by atoms with Crippen LogP contribution < -0.4 is 10.6 Å². The zero-order valence-corrected chi connectivity index (χ0v) is 13.6. The molecule has 2 heterocycles. The number of nitrogens with one attached hydrogen (secondary N) is 2. The van der Waals surface area contributed by atoms with Gasteiger partial charge in [0.15, 0.2) is 0 Å². The molecule has 0 aliphatic heterocycles. The van der Waals surface area contributed by atoms with Crippen LogP contribution in [-0.2, 0) is 17.5 Å². The van der Waals surface area contributed by atoms with Gasteiger partial charge in [-0.15, -0.1) is 0 Å². The van der Waals surface area contributed by atoms with Gasteiger partial charge in [-0.3, -0.25) is 9.78 Å². The van der Waals surface area contributed by atoms with Gasteiger partial charge in [-0.05, 0) is 18.2 Å². The molecule has 0 saturated carbocycles. The number of hydrogen-bond acceptors (Lipinski definition) is 5. The van der Waals surface area contributed by atoms with E-state index in [0.29, 0.717) is 17.0 Å². The molecule has 134 valence electrons. The minimum Gasteiger partial charge on any atom is -0.349 e. The molecule has 1 amide bonds. The largest absolute Gasteiger partial charge is 0.433 e. The van der Waals surface area contributed by atoms with Crippen molar-refractivity contribution in [2.75, 3.05) is 6.50 Å². The summed E-state index contributed by atoms with van der Waals surface area (Å²) in [6.07, 6.45) is -2.27. The lowest BCUT2D eigenvalue weighted by Crippen LogP contribution is -2.36. The van der Waals surface area contributed by atoms with Crippen LogP contribution in [0.3, 0.4) is 0 Å². The van der Waals surface area contributed by atoms with Gasteiger partial charge in [0.2, 0.25) is 5.91 Å². The van der Waals surface area contributed by atoms with Crippen molar-refractivity contribution in [1.82, 2.24) is 25.6 Å². The van der Waals surface area contributed by atoms with Crippen LogP contribution in [0, 0.1) is 0 Å². The molecule has 2 N–H and O–H groups in total. The Bertz CT molecular complexity index is 797. The molecule has 0 fully saturated rings. The van der Waals surface area contributed by atoms with Crippen LogP contribution >= 0.6 is 0 Å². The van der Waals surface area contributed by atoms with Gasteiger partial charge in [-0.25, -0.2) is 9.97 Å². The molecule has 0 aliphatic carbocycles. The monoisotopic (exact) mass is 355 g/mol. The fraction of sp³-hybridized carbons (Fsp3) is 0.375. The van der Waals surface area contributed by atoms with Crippen molar-refractivity contribution in [3.8, 4) is 11.3 Å². The Morgan fingerprint density at radius 3 is 2.64 bits per heavy atom. The maximum absolute atomic E-state index is 12.6. The van der Waals surface area contributed by atoms with E-state index in [2.05, 4.69) is 25.6 Å². The quantitative estimate of drug-likeness (QED) is 0.830. The van der Waals surface area contributed by atoms with E-state index in [1.807, 2.05) is 0 Å². The summed E-state index contributed by atoms with van der Waals surface area (Å²) < 4.78 is 53.1. The van der Waals surface area contributed by atoms with Gasteiger partial charge in [0.25, 0.3) is 0 Å². The topological polar surface area (TPSA) is 79.8 Å². The van der Waals surface area contributed by atoms with Crippen LogP contribution in [0.2, 0.25) is 0 Å². The smallest absolute Gasteiger partial charge is 0.349 e. The van der Waals surface area contributed by atoms with Gasteiger partial charge in [0.1, 0.15) is 12.0 Å². The average Bonchev–Trinajstić information content (AvgIpc) is 2.58. The van der Waals surface area contributed by atoms with Crippen LogP contribution in [0.15, 0.2) is 30.7 Å². The van der Waals surface area contributed by atoms with Crippen LogP contribution in [0.1, 0.15) is 28.0 Å². The minimum absolute atomic E-state index is 0.0678. The SMILES string of the molecule is [2H]C([2H])(NC(C)C)C(=O)NCc1cc(-c2ccc(C(F)(F)F)nc2)ncn1. The first-order valence-electron chi connectivity index (χ1n) is 8.39. The normalized spacial score (nSPS) is 13.4. The zero-order valence-electron chi connectivity index (χ0n) is 15.6. The number of carbonyl (C=O) groups is 1. The lowest BCUT2D eigenvalue weighted by Gasteiger charge is -2.09. The Kier molecular flexibility index (Phi) is 5.11. The maximum Gasteiger partial charge on any atom is 0.433 e. The second-order valence-electron chi connectivity index (χ2n) is 5.43. The molecule has 2 aromatic heterocycles. The van der Waals surface area contributed by atoms with Gasteiger partial charge < -0.3 is 10.6 Å². The molecular weight excluding hydrogens is 335 g/mol. The summed E-state index contributed by atoms with van der Waals surface area (Å²) in [6.45, 7) is 1.10. The van der Waals surface area contributed by atoms with E-state index in [1.54, 1.807) is 13.8 Å². The molecule has 25 heavy (non-hydrogen) atoms. The number of amides is 1. The van der Waals surface area contributed by atoms with Gasteiger partial charge in [-0.1, -0.05) is 13.8 Å². The molecule has 0 unspecified atom stereocenters. The molecule has 0 radical (unpaired) electrons. The number of rotatable bonds is 6. The van der Waals surface area contributed by atoms with E-state index in [0.717, 1.165) is 12.3 Å². The fourth-order valence-corrected chi connectivity index (χ4v) is 1.79. The molecule has 0 atom stereocenters. The number of alkyl halides is 3. The first kappa shape index (κ1) is 15.9. The Balaban J connectivity index is 2.08. The second-order valence-corrected chi connectivity index (χ2v) is 5.43. The molecule has 9 heteroatoms. The van der Waals surface area contributed by atoms with E-state index in [-0.39, 0.29) is 12.6 Å². The Hall–Kier alpha value is -2.55. The molecular formula is C16H18F3N5O. The third-order valence-corrected chi connectivity index (χ3v) is 2.98. The summed E-state index contributed by atoms with van der Waals surface area (Å²) in [5.74, 6) is -0.854. The fourth-order valence-electron chi connectivity index (χ4n) is 1.79. The minimum atomic E-state index is -4.53. The Labute approximate surface area is 145 Å². The van der Waals surface area contributed by atoms with Crippen molar-refractivity contribution in [1.29, 1.82) is 0 Å². The van der Waals surface area contributed by atoms with Crippen LogP contribution in [-0.4, -0.2) is 33.4 Å². The third-order valence-electron chi connectivity index (χ3n) is 2.98. The number of hydrogen-bond donors (Lipinski definition) is 2. The number of nitrogens with zero attached hydrogens (tertiary/aromatic N) is 3. The summed E-state index contributed by atoms with van der Waals surface area (Å²) in [7, 11) is 0. The van der Waals surface area contributed by atoms with Crippen molar-refractivity contribution >= 4 is 5.91 Å². The first-order valence-corrected chi connectivity index (χ1v) is 7.39. The summed E-state index contributed by atoms with van der Waals surface area (Å²) in [5.41, 5.74) is 0.0508.